The smallest absolute Gasteiger partial charge is 0.350 e. The summed E-state index contributed by atoms with van der Waals surface area (Å²) in [6.07, 6.45) is -1.32. The molecule has 156 valence electrons. The minimum Gasteiger partial charge on any atom is -0.350 e. The fourth-order valence-corrected chi connectivity index (χ4v) is 4.89. The first kappa shape index (κ1) is 19.5. The zero-order valence-electron chi connectivity index (χ0n) is 17.2. The van der Waals surface area contributed by atoms with Crippen LogP contribution < -0.4 is 0 Å². The summed E-state index contributed by atoms with van der Waals surface area (Å²) in [5.41, 5.74) is -0.114. The highest BCUT2D eigenvalue weighted by molar-refractivity contribution is 5.91. The van der Waals surface area contributed by atoms with Crippen molar-refractivity contribution in [3.05, 3.63) is 108 Å². The predicted octanol–water partition coefficient (Wildman–Crippen LogP) is 6.57. The Balaban J connectivity index is 2.03. The van der Waals surface area contributed by atoms with Gasteiger partial charge in [-0.15, -0.1) is 0 Å². The Morgan fingerprint density at radius 3 is 1.45 bits per heavy atom. The van der Waals surface area contributed by atoms with E-state index in [-0.39, 0.29) is 16.7 Å². The molecule has 0 aliphatic rings. The van der Waals surface area contributed by atoms with E-state index in [1.54, 1.807) is 90.2 Å². The number of benzene rings is 3. The van der Waals surface area contributed by atoms with Crippen LogP contribution in [0.3, 0.4) is 0 Å². The van der Waals surface area contributed by atoms with Gasteiger partial charge >= 0.3 is 6.18 Å². The van der Waals surface area contributed by atoms with E-state index in [1.807, 2.05) is 24.3 Å². The molecular formula is C26H21F3N2. The lowest BCUT2D eigenvalue weighted by atomic mass is 9.68. The third-order valence-electron chi connectivity index (χ3n) is 6.23. The van der Waals surface area contributed by atoms with Crippen molar-refractivity contribution < 1.29 is 13.2 Å². The minimum atomic E-state index is -4.58. The fourth-order valence-electron chi connectivity index (χ4n) is 4.89. The van der Waals surface area contributed by atoms with Crippen LogP contribution in [0.5, 0.6) is 0 Å². The molecule has 5 aromatic rings. The molecule has 3 aromatic carbocycles. The number of halogens is 3. The molecule has 0 N–H and O–H groups in total. The average molecular weight is 418 g/mol. The minimum absolute atomic E-state index is 0.204. The quantitative estimate of drug-likeness (QED) is 0.314. The van der Waals surface area contributed by atoms with Gasteiger partial charge < -0.3 is 9.13 Å². The zero-order chi connectivity index (χ0) is 21.8. The first-order valence-corrected chi connectivity index (χ1v) is 10.1. The van der Waals surface area contributed by atoms with Gasteiger partial charge in [0.25, 0.3) is 0 Å². The van der Waals surface area contributed by atoms with Crippen molar-refractivity contribution in [1.82, 2.24) is 9.13 Å². The van der Waals surface area contributed by atoms with E-state index >= 15 is 13.2 Å². The van der Waals surface area contributed by atoms with Crippen LogP contribution in [0.2, 0.25) is 0 Å². The monoisotopic (exact) mass is 418 g/mol. The standard InChI is InChI=1S/C26H21F3N2/c1-30-16-21(19-12-6-8-14-23(19)30)25(26(27,28)29,18-10-4-3-5-11-18)22-17-31(2)24-15-9-7-13-20(22)24/h3-17H,1-2H3. The summed E-state index contributed by atoms with van der Waals surface area (Å²) in [5, 5.41) is 1.19. The maximum Gasteiger partial charge on any atom is 0.406 e. The predicted molar refractivity (Wildman–Crippen MR) is 118 cm³/mol. The Morgan fingerprint density at radius 2 is 1.00 bits per heavy atom. The fraction of sp³-hybridized carbons (Fsp3) is 0.154. The van der Waals surface area contributed by atoms with Gasteiger partial charge in [0.15, 0.2) is 0 Å². The van der Waals surface area contributed by atoms with Crippen molar-refractivity contribution in [3.63, 3.8) is 0 Å². The van der Waals surface area contributed by atoms with E-state index in [0.717, 1.165) is 11.0 Å². The van der Waals surface area contributed by atoms with Gasteiger partial charge in [-0.2, -0.15) is 13.2 Å². The molecule has 0 fully saturated rings. The second-order valence-corrected chi connectivity index (χ2v) is 7.96. The van der Waals surface area contributed by atoms with Gasteiger partial charge in [-0.05, 0) is 17.7 Å². The average Bonchev–Trinajstić information content (AvgIpc) is 3.27. The van der Waals surface area contributed by atoms with Crippen molar-refractivity contribution >= 4 is 21.8 Å². The largest absolute Gasteiger partial charge is 0.406 e. The Morgan fingerprint density at radius 1 is 0.581 bits per heavy atom. The third-order valence-corrected chi connectivity index (χ3v) is 6.23. The van der Waals surface area contributed by atoms with E-state index in [4.69, 9.17) is 0 Å². The van der Waals surface area contributed by atoms with Gasteiger partial charge in [-0.25, -0.2) is 0 Å². The number of fused-ring (bicyclic) bond motifs is 2. The molecule has 5 rings (SSSR count). The number of hydrogen-bond donors (Lipinski definition) is 0. The molecule has 2 aromatic heterocycles. The number of alkyl halides is 3. The van der Waals surface area contributed by atoms with Gasteiger partial charge in [0.05, 0.1) is 0 Å². The molecule has 0 spiro atoms. The summed E-state index contributed by atoms with van der Waals surface area (Å²) >= 11 is 0. The van der Waals surface area contributed by atoms with Gasteiger partial charge in [-0.3, -0.25) is 0 Å². The summed E-state index contributed by atoms with van der Waals surface area (Å²) < 4.78 is 50.0. The summed E-state index contributed by atoms with van der Waals surface area (Å²) in [6.45, 7) is 0. The Hall–Kier alpha value is -3.47. The van der Waals surface area contributed by atoms with E-state index in [9.17, 15) is 0 Å². The van der Waals surface area contributed by atoms with Crippen LogP contribution >= 0.6 is 0 Å². The second kappa shape index (κ2) is 6.77. The van der Waals surface area contributed by atoms with Crippen molar-refractivity contribution in [2.45, 2.75) is 11.6 Å². The summed E-state index contributed by atoms with van der Waals surface area (Å²) in [4.78, 5) is 0. The van der Waals surface area contributed by atoms with Crippen LogP contribution in [-0.2, 0) is 19.5 Å². The lowest BCUT2D eigenvalue weighted by Gasteiger charge is -2.36. The molecule has 31 heavy (non-hydrogen) atoms. The Bertz CT molecular complexity index is 1310. The van der Waals surface area contributed by atoms with Gasteiger partial charge in [0.1, 0.15) is 5.41 Å². The zero-order valence-corrected chi connectivity index (χ0v) is 17.2. The number of hydrogen-bond acceptors (Lipinski definition) is 0. The van der Waals surface area contributed by atoms with Crippen molar-refractivity contribution in [3.8, 4) is 0 Å². The maximum atomic E-state index is 15.5. The molecule has 0 saturated heterocycles. The van der Waals surface area contributed by atoms with E-state index in [0.29, 0.717) is 10.8 Å². The molecule has 0 saturated carbocycles. The molecule has 2 nitrogen and oxygen atoms in total. The van der Waals surface area contributed by atoms with Gasteiger partial charge in [-0.1, -0.05) is 66.7 Å². The van der Waals surface area contributed by atoms with E-state index in [2.05, 4.69) is 0 Å². The Labute approximate surface area is 178 Å². The summed E-state index contributed by atoms with van der Waals surface area (Å²) in [5.74, 6) is 0. The Kier molecular flexibility index (Phi) is 4.26. The molecule has 0 atom stereocenters. The van der Waals surface area contributed by atoms with Crippen molar-refractivity contribution in [1.29, 1.82) is 0 Å². The van der Waals surface area contributed by atoms with Gasteiger partial charge in [0, 0.05) is 59.4 Å². The first-order valence-electron chi connectivity index (χ1n) is 10.1. The first-order chi connectivity index (χ1) is 14.9. The SMILES string of the molecule is Cn1cc(C(c2ccccc2)(c2cn(C)c3ccccc23)C(F)(F)F)c2ccccc21. The molecule has 2 heterocycles. The highest BCUT2D eigenvalue weighted by Crippen LogP contribution is 2.54. The molecule has 0 bridgehead atoms. The van der Waals surface area contributed by atoms with Crippen LogP contribution in [0, 0.1) is 0 Å². The summed E-state index contributed by atoms with van der Waals surface area (Å²) in [7, 11) is 3.59. The second-order valence-electron chi connectivity index (χ2n) is 7.96. The molecule has 0 aliphatic carbocycles. The topological polar surface area (TPSA) is 9.86 Å². The molecular weight excluding hydrogens is 397 g/mol. The highest BCUT2D eigenvalue weighted by atomic mass is 19.4. The van der Waals surface area contributed by atoms with Crippen LogP contribution in [0.25, 0.3) is 21.8 Å². The van der Waals surface area contributed by atoms with Crippen LogP contribution in [0.1, 0.15) is 16.7 Å². The lowest BCUT2D eigenvalue weighted by molar-refractivity contribution is -0.165. The normalized spacial score (nSPS) is 12.7. The highest BCUT2D eigenvalue weighted by Gasteiger charge is 2.60. The van der Waals surface area contributed by atoms with Crippen LogP contribution in [0.15, 0.2) is 91.3 Å². The van der Waals surface area contributed by atoms with Crippen molar-refractivity contribution in [2.75, 3.05) is 0 Å². The molecule has 0 amide bonds. The van der Waals surface area contributed by atoms with E-state index < -0.39 is 11.6 Å². The number of aromatic nitrogens is 2. The lowest BCUT2D eigenvalue weighted by Crippen LogP contribution is -2.44. The molecule has 5 heteroatoms. The van der Waals surface area contributed by atoms with Gasteiger partial charge in [0.2, 0.25) is 0 Å². The molecule has 0 aliphatic heterocycles. The van der Waals surface area contributed by atoms with Crippen LogP contribution in [-0.4, -0.2) is 15.3 Å². The van der Waals surface area contributed by atoms with E-state index in [1.165, 1.54) is 0 Å². The number of para-hydroxylation sites is 2. The molecule has 0 radical (unpaired) electrons. The van der Waals surface area contributed by atoms with Crippen molar-refractivity contribution in [2.24, 2.45) is 14.1 Å². The molecule has 0 unspecified atom stereocenters. The number of aryl methyl sites for hydroxylation is 2. The third kappa shape index (κ3) is 2.66. The van der Waals surface area contributed by atoms with Crippen LogP contribution in [0.4, 0.5) is 13.2 Å². The number of rotatable bonds is 3. The maximum absolute atomic E-state index is 15.5. The summed E-state index contributed by atoms with van der Waals surface area (Å²) in [6, 6.07) is 22.8. The number of nitrogens with zero attached hydrogens (tertiary/aromatic N) is 2.